The van der Waals surface area contributed by atoms with Crippen LogP contribution in [-0.4, -0.2) is 23.0 Å². The van der Waals surface area contributed by atoms with Crippen LogP contribution in [-0.2, 0) is 9.53 Å². The van der Waals surface area contributed by atoms with E-state index in [2.05, 4.69) is 10.3 Å². The molecule has 142 valence electrons. The van der Waals surface area contributed by atoms with Gasteiger partial charge in [0.2, 0.25) is 0 Å². The third kappa shape index (κ3) is 5.17. The van der Waals surface area contributed by atoms with Gasteiger partial charge in [-0.05, 0) is 62.4 Å². The van der Waals surface area contributed by atoms with Crippen molar-refractivity contribution < 1.29 is 19.1 Å². The van der Waals surface area contributed by atoms with Gasteiger partial charge in [-0.2, -0.15) is 0 Å². The number of hydrogen-bond acceptors (Lipinski definition) is 5. The summed E-state index contributed by atoms with van der Waals surface area (Å²) >= 11 is 0. The molecule has 0 aliphatic rings. The normalized spacial score (nSPS) is 11.4. The van der Waals surface area contributed by atoms with Crippen molar-refractivity contribution >= 4 is 17.6 Å². The lowest BCUT2D eigenvalue weighted by atomic mass is 10.2. The molecule has 0 saturated carbocycles. The number of anilines is 1. The second-order valence-electron chi connectivity index (χ2n) is 6.16. The van der Waals surface area contributed by atoms with Crippen LogP contribution in [0.2, 0.25) is 0 Å². The highest BCUT2D eigenvalue weighted by Crippen LogP contribution is 2.22. The minimum absolute atomic E-state index is 0.299. The molecule has 0 aliphatic carbocycles. The van der Waals surface area contributed by atoms with Gasteiger partial charge in [-0.25, -0.2) is 4.79 Å². The number of benzene rings is 2. The maximum Gasteiger partial charge on any atom is 0.340 e. The van der Waals surface area contributed by atoms with Crippen molar-refractivity contribution in [1.29, 1.82) is 0 Å². The molecule has 1 aromatic heterocycles. The maximum atomic E-state index is 12.3. The molecule has 1 amide bonds. The minimum Gasteiger partial charge on any atom is -0.457 e. The van der Waals surface area contributed by atoms with Crippen LogP contribution >= 0.6 is 0 Å². The summed E-state index contributed by atoms with van der Waals surface area (Å²) in [5.41, 5.74) is 1.67. The molecule has 0 bridgehead atoms. The molecule has 2 aromatic carbocycles. The van der Waals surface area contributed by atoms with E-state index in [9.17, 15) is 9.59 Å². The molecule has 0 saturated heterocycles. The third-order valence-electron chi connectivity index (χ3n) is 3.90. The highest BCUT2D eigenvalue weighted by atomic mass is 16.5. The Morgan fingerprint density at radius 3 is 2.25 bits per heavy atom. The van der Waals surface area contributed by atoms with Gasteiger partial charge in [0.15, 0.2) is 6.10 Å². The van der Waals surface area contributed by atoms with Crippen molar-refractivity contribution in [2.75, 3.05) is 5.32 Å². The standard InChI is InChI=1S/C22H20N2O4/c1-15-8-9-17(14-23-15)22(26)27-16(2)21(25)24-18-10-12-20(13-11-18)28-19-6-4-3-5-7-19/h3-14,16H,1-2H3,(H,24,25). The Morgan fingerprint density at radius 1 is 0.929 bits per heavy atom. The molecular formula is C22H20N2O4. The molecule has 0 spiro atoms. The van der Waals surface area contributed by atoms with Gasteiger partial charge in [-0.15, -0.1) is 0 Å². The average molecular weight is 376 g/mol. The summed E-state index contributed by atoms with van der Waals surface area (Å²) in [4.78, 5) is 28.4. The first-order chi connectivity index (χ1) is 13.5. The van der Waals surface area contributed by atoms with Crippen LogP contribution in [0.5, 0.6) is 11.5 Å². The van der Waals surface area contributed by atoms with Gasteiger partial charge in [0.05, 0.1) is 5.56 Å². The molecular weight excluding hydrogens is 356 g/mol. The summed E-state index contributed by atoms with van der Waals surface area (Å²) in [7, 11) is 0. The number of hydrogen-bond donors (Lipinski definition) is 1. The number of rotatable bonds is 6. The number of ether oxygens (including phenoxy) is 2. The van der Waals surface area contributed by atoms with E-state index < -0.39 is 18.0 Å². The van der Waals surface area contributed by atoms with Crippen molar-refractivity contribution in [2.24, 2.45) is 0 Å². The van der Waals surface area contributed by atoms with Crippen molar-refractivity contribution in [1.82, 2.24) is 4.98 Å². The second kappa shape index (κ2) is 8.81. The number of aryl methyl sites for hydroxylation is 1. The fourth-order valence-electron chi connectivity index (χ4n) is 2.35. The molecule has 0 radical (unpaired) electrons. The summed E-state index contributed by atoms with van der Waals surface area (Å²) in [6, 6.07) is 19.6. The number of para-hydroxylation sites is 1. The molecule has 1 heterocycles. The van der Waals surface area contributed by atoms with Crippen molar-refractivity contribution in [3.8, 4) is 11.5 Å². The first-order valence-electron chi connectivity index (χ1n) is 8.79. The van der Waals surface area contributed by atoms with E-state index in [0.29, 0.717) is 17.0 Å². The van der Waals surface area contributed by atoms with Gasteiger partial charge in [-0.3, -0.25) is 9.78 Å². The second-order valence-corrected chi connectivity index (χ2v) is 6.16. The van der Waals surface area contributed by atoms with E-state index in [1.807, 2.05) is 37.3 Å². The highest BCUT2D eigenvalue weighted by molar-refractivity contribution is 5.97. The Kier molecular flexibility index (Phi) is 6.01. The van der Waals surface area contributed by atoms with Gasteiger partial charge >= 0.3 is 5.97 Å². The summed E-state index contributed by atoms with van der Waals surface area (Å²) < 4.78 is 10.9. The van der Waals surface area contributed by atoms with E-state index in [4.69, 9.17) is 9.47 Å². The lowest BCUT2D eigenvalue weighted by Crippen LogP contribution is -2.30. The number of nitrogens with one attached hydrogen (secondary N) is 1. The quantitative estimate of drug-likeness (QED) is 0.647. The fraction of sp³-hybridized carbons (Fsp3) is 0.136. The average Bonchev–Trinajstić information content (AvgIpc) is 2.70. The van der Waals surface area contributed by atoms with Gasteiger partial charge in [-0.1, -0.05) is 18.2 Å². The van der Waals surface area contributed by atoms with E-state index in [-0.39, 0.29) is 0 Å². The number of carbonyl (C=O) groups excluding carboxylic acids is 2. The van der Waals surface area contributed by atoms with Gasteiger partial charge in [0, 0.05) is 17.6 Å². The van der Waals surface area contributed by atoms with Crippen LogP contribution < -0.4 is 10.1 Å². The fourth-order valence-corrected chi connectivity index (χ4v) is 2.35. The lowest BCUT2D eigenvalue weighted by Gasteiger charge is -2.14. The third-order valence-corrected chi connectivity index (χ3v) is 3.90. The molecule has 6 nitrogen and oxygen atoms in total. The monoisotopic (exact) mass is 376 g/mol. The van der Waals surface area contributed by atoms with Gasteiger partial charge < -0.3 is 14.8 Å². The van der Waals surface area contributed by atoms with E-state index >= 15 is 0 Å². The van der Waals surface area contributed by atoms with Crippen LogP contribution in [0.1, 0.15) is 23.0 Å². The summed E-state index contributed by atoms with van der Waals surface area (Å²) in [5.74, 6) is 0.355. The molecule has 1 N–H and O–H groups in total. The molecule has 28 heavy (non-hydrogen) atoms. The van der Waals surface area contributed by atoms with Gasteiger partial charge in [0.25, 0.3) is 5.91 Å². The minimum atomic E-state index is -0.950. The highest BCUT2D eigenvalue weighted by Gasteiger charge is 2.19. The first kappa shape index (κ1) is 19.1. The Labute approximate surface area is 163 Å². The topological polar surface area (TPSA) is 77.5 Å². The number of esters is 1. The molecule has 1 unspecified atom stereocenters. The Morgan fingerprint density at radius 2 is 1.61 bits per heavy atom. The molecule has 6 heteroatoms. The predicted molar refractivity (Wildman–Crippen MR) is 105 cm³/mol. The zero-order valence-corrected chi connectivity index (χ0v) is 15.6. The molecule has 3 rings (SSSR count). The lowest BCUT2D eigenvalue weighted by molar-refractivity contribution is -0.123. The maximum absolute atomic E-state index is 12.3. The van der Waals surface area contributed by atoms with Gasteiger partial charge in [0.1, 0.15) is 11.5 Å². The van der Waals surface area contributed by atoms with Crippen LogP contribution in [0.25, 0.3) is 0 Å². The van der Waals surface area contributed by atoms with Crippen molar-refractivity contribution in [2.45, 2.75) is 20.0 Å². The Hall–Kier alpha value is -3.67. The molecule has 0 fully saturated rings. The van der Waals surface area contributed by atoms with Crippen LogP contribution in [0.15, 0.2) is 72.9 Å². The number of amides is 1. The number of aromatic nitrogens is 1. The number of pyridine rings is 1. The summed E-state index contributed by atoms with van der Waals surface area (Å²) in [6.45, 7) is 3.34. The number of nitrogens with zero attached hydrogens (tertiary/aromatic N) is 1. The van der Waals surface area contributed by atoms with Crippen LogP contribution in [0, 0.1) is 6.92 Å². The molecule has 1 atom stereocenters. The summed E-state index contributed by atoms with van der Waals surface area (Å²) in [5, 5.41) is 2.71. The van der Waals surface area contributed by atoms with E-state index in [0.717, 1.165) is 11.4 Å². The van der Waals surface area contributed by atoms with E-state index in [1.54, 1.807) is 36.4 Å². The first-order valence-corrected chi connectivity index (χ1v) is 8.79. The summed E-state index contributed by atoms with van der Waals surface area (Å²) in [6.07, 6.45) is 0.474. The Balaban J connectivity index is 1.54. The SMILES string of the molecule is Cc1ccc(C(=O)OC(C)C(=O)Nc2ccc(Oc3ccccc3)cc2)cn1. The zero-order valence-electron chi connectivity index (χ0n) is 15.6. The van der Waals surface area contributed by atoms with Crippen LogP contribution in [0.4, 0.5) is 5.69 Å². The largest absolute Gasteiger partial charge is 0.457 e. The zero-order chi connectivity index (χ0) is 19.9. The van der Waals surface area contributed by atoms with Crippen molar-refractivity contribution in [3.05, 3.63) is 84.2 Å². The van der Waals surface area contributed by atoms with Crippen LogP contribution in [0.3, 0.4) is 0 Å². The Bertz CT molecular complexity index is 939. The van der Waals surface area contributed by atoms with E-state index in [1.165, 1.54) is 13.1 Å². The molecule has 3 aromatic rings. The molecule has 0 aliphatic heterocycles. The number of carbonyl (C=O) groups is 2. The van der Waals surface area contributed by atoms with Crippen molar-refractivity contribution in [3.63, 3.8) is 0 Å². The smallest absolute Gasteiger partial charge is 0.340 e. The predicted octanol–water partition coefficient (Wildman–Crippen LogP) is 4.37.